The van der Waals surface area contributed by atoms with E-state index in [1.807, 2.05) is 32.9 Å². The van der Waals surface area contributed by atoms with Gasteiger partial charge < -0.3 is 24.1 Å². The molecule has 1 heterocycles. The molecule has 3 aromatic carbocycles. The zero-order chi connectivity index (χ0) is 28.3. The van der Waals surface area contributed by atoms with Crippen molar-refractivity contribution >= 4 is 23.1 Å². The number of aliphatic hydroxyl groups is 1. The molecule has 4 rings (SSSR count). The van der Waals surface area contributed by atoms with Crippen LogP contribution in [0.5, 0.6) is 23.0 Å². The predicted molar refractivity (Wildman–Crippen MR) is 149 cm³/mol. The number of hydrogen-bond acceptors (Lipinski definition) is 7. The second-order valence-electron chi connectivity index (χ2n) is 9.29. The number of Topliss-reactive ketones (excluding diaryl/α,β-unsaturated/α-hetero) is 1. The summed E-state index contributed by atoms with van der Waals surface area (Å²) in [4.78, 5) is 28.5. The van der Waals surface area contributed by atoms with Crippen molar-refractivity contribution in [2.24, 2.45) is 0 Å². The summed E-state index contributed by atoms with van der Waals surface area (Å²) in [6.07, 6.45) is 0.860. The molecule has 0 bridgehead atoms. The van der Waals surface area contributed by atoms with Crippen LogP contribution < -0.4 is 23.8 Å². The zero-order valence-corrected chi connectivity index (χ0v) is 23.0. The van der Waals surface area contributed by atoms with Gasteiger partial charge in [0.2, 0.25) is 5.75 Å². The largest absolute Gasteiger partial charge is 0.507 e. The molecule has 0 aromatic heterocycles. The first kappa shape index (κ1) is 27.6. The van der Waals surface area contributed by atoms with Crippen molar-refractivity contribution in [2.75, 3.05) is 32.8 Å². The number of aliphatic hydroxyl groups excluding tert-OH is 1. The van der Waals surface area contributed by atoms with E-state index in [0.717, 1.165) is 17.5 Å². The Kier molecular flexibility index (Phi) is 8.14. The Morgan fingerprint density at radius 2 is 1.51 bits per heavy atom. The molecule has 1 fully saturated rings. The number of carbonyl (C=O) groups excluding carboxylic acids is 2. The standard InChI is InChI=1S/C31H33NO7/c1-7-14-39-23-13-10-20(15-19(23)3)28(33)26-27(21-16-24(36-4)30(38-6)25(17-21)37-5)32(31(35)29(26)34)22-11-8-18(2)9-12-22/h8-13,15-17,27,33H,7,14H2,1-6H3/b28-26+. The lowest BCUT2D eigenvalue weighted by Crippen LogP contribution is -2.29. The number of rotatable bonds is 9. The maximum absolute atomic E-state index is 13.6. The fourth-order valence-corrected chi connectivity index (χ4v) is 4.71. The lowest BCUT2D eigenvalue weighted by atomic mass is 9.94. The first-order valence-electron chi connectivity index (χ1n) is 12.7. The third-order valence-electron chi connectivity index (χ3n) is 6.67. The average Bonchev–Trinajstić information content (AvgIpc) is 3.21. The number of carbonyl (C=O) groups is 2. The maximum Gasteiger partial charge on any atom is 0.300 e. The number of anilines is 1. The molecule has 1 aliphatic heterocycles. The molecule has 1 amide bonds. The van der Waals surface area contributed by atoms with Crippen molar-refractivity contribution in [3.8, 4) is 23.0 Å². The Bertz CT molecular complexity index is 1400. The molecule has 0 radical (unpaired) electrons. The molecular formula is C31H33NO7. The highest BCUT2D eigenvalue weighted by molar-refractivity contribution is 6.51. The number of ether oxygens (including phenoxy) is 4. The summed E-state index contributed by atoms with van der Waals surface area (Å²) in [7, 11) is 4.47. The van der Waals surface area contributed by atoms with Gasteiger partial charge >= 0.3 is 0 Å². The van der Waals surface area contributed by atoms with E-state index in [9.17, 15) is 14.7 Å². The van der Waals surface area contributed by atoms with E-state index < -0.39 is 17.7 Å². The summed E-state index contributed by atoms with van der Waals surface area (Å²) in [5.74, 6) is -0.0605. The van der Waals surface area contributed by atoms with Crippen LogP contribution in [0, 0.1) is 13.8 Å². The fourth-order valence-electron chi connectivity index (χ4n) is 4.71. The normalized spacial score (nSPS) is 16.4. The van der Waals surface area contributed by atoms with Crippen LogP contribution in [0.4, 0.5) is 5.69 Å². The number of amides is 1. The minimum atomic E-state index is -0.960. The van der Waals surface area contributed by atoms with Gasteiger partial charge in [0.15, 0.2) is 11.5 Å². The number of aryl methyl sites for hydroxylation is 2. The van der Waals surface area contributed by atoms with Crippen LogP contribution in [-0.2, 0) is 9.59 Å². The van der Waals surface area contributed by atoms with Gasteiger partial charge in [-0.05, 0) is 73.9 Å². The van der Waals surface area contributed by atoms with E-state index >= 15 is 0 Å². The van der Waals surface area contributed by atoms with Crippen LogP contribution >= 0.6 is 0 Å². The lowest BCUT2D eigenvalue weighted by molar-refractivity contribution is -0.132. The van der Waals surface area contributed by atoms with Crippen molar-refractivity contribution in [1.82, 2.24) is 0 Å². The molecule has 1 unspecified atom stereocenters. The number of methoxy groups -OCH3 is 3. The second-order valence-corrected chi connectivity index (χ2v) is 9.29. The van der Waals surface area contributed by atoms with Crippen LogP contribution in [0.15, 0.2) is 60.2 Å². The molecule has 0 spiro atoms. The topological polar surface area (TPSA) is 94.5 Å². The third kappa shape index (κ3) is 5.14. The minimum absolute atomic E-state index is 0.0449. The van der Waals surface area contributed by atoms with Gasteiger partial charge in [0.25, 0.3) is 11.7 Å². The molecule has 3 aromatic rings. The lowest BCUT2D eigenvalue weighted by Gasteiger charge is -2.26. The highest BCUT2D eigenvalue weighted by Gasteiger charge is 2.47. The van der Waals surface area contributed by atoms with Gasteiger partial charge in [0.05, 0.1) is 39.6 Å². The molecule has 1 atom stereocenters. The summed E-state index contributed by atoms with van der Waals surface area (Å²) in [6, 6.07) is 14.8. The van der Waals surface area contributed by atoms with Crippen molar-refractivity contribution in [2.45, 2.75) is 33.2 Å². The Hall–Kier alpha value is -4.46. The summed E-state index contributed by atoms with van der Waals surface area (Å²) < 4.78 is 22.3. The van der Waals surface area contributed by atoms with E-state index in [1.165, 1.54) is 26.2 Å². The average molecular weight is 532 g/mol. The molecule has 39 heavy (non-hydrogen) atoms. The zero-order valence-electron chi connectivity index (χ0n) is 23.0. The Balaban J connectivity index is 1.96. The van der Waals surface area contributed by atoms with Gasteiger partial charge in [-0.3, -0.25) is 14.5 Å². The van der Waals surface area contributed by atoms with Crippen LogP contribution in [0.3, 0.4) is 0 Å². The fraction of sp³-hybridized carbons (Fsp3) is 0.290. The Labute approximate surface area is 228 Å². The minimum Gasteiger partial charge on any atom is -0.507 e. The smallest absolute Gasteiger partial charge is 0.300 e. The summed E-state index contributed by atoms with van der Waals surface area (Å²) in [5, 5.41) is 11.5. The van der Waals surface area contributed by atoms with Crippen molar-refractivity contribution in [1.29, 1.82) is 0 Å². The first-order valence-corrected chi connectivity index (χ1v) is 12.7. The molecule has 1 N–H and O–H groups in total. The van der Waals surface area contributed by atoms with E-state index in [-0.39, 0.29) is 11.3 Å². The molecule has 8 heteroatoms. The molecule has 1 saturated heterocycles. The van der Waals surface area contributed by atoms with Gasteiger partial charge in [0, 0.05) is 11.3 Å². The van der Waals surface area contributed by atoms with E-state index in [1.54, 1.807) is 42.5 Å². The molecule has 1 aliphatic rings. The van der Waals surface area contributed by atoms with Gasteiger partial charge in [0.1, 0.15) is 11.5 Å². The second kappa shape index (κ2) is 11.5. The number of benzene rings is 3. The van der Waals surface area contributed by atoms with Crippen molar-refractivity contribution in [3.05, 3.63) is 82.4 Å². The summed E-state index contributed by atoms with van der Waals surface area (Å²) >= 11 is 0. The quantitative estimate of drug-likeness (QED) is 0.214. The molecular weight excluding hydrogens is 498 g/mol. The Morgan fingerprint density at radius 1 is 0.872 bits per heavy atom. The molecule has 0 saturated carbocycles. The van der Waals surface area contributed by atoms with E-state index in [2.05, 4.69) is 0 Å². The van der Waals surface area contributed by atoms with Crippen LogP contribution in [0.25, 0.3) is 5.76 Å². The van der Waals surface area contributed by atoms with Crippen molar-refractivity contribution < 1.29 is 33.6 Å². The Morgan fingerprint density at radius 3 is 2.05 bits per heavy atom. The molecule has 0 aliphatic carbocycles. The molecule has 8 nitrogen and oxygen atoms in total. The highest BCUT2D eigenvalue weighted by atomic mass is 16.5. The molecule has 204 valence electrons. The summed E-state index contributed by atoms with van der Waals surface area (Å²) in [5.41, 5.74) is 3.17. The first-order chi connectivity index (χ1) is 18.7. The number of nitrogens with zero attached hydrogens (tertiary/aromatic N) is 1. The maximum atomic E-state index is 13.6. The number of ketones is 1. The van der Waals surface area contributed by atoms with Gasteiger partial charge in [-0.1, -0.05) is 24.6 Å². The highest BCUT2D eigenvalue weighted by Crippen LogP contribution is 2.47. The summed E-state index contributed by atoms with van der Waals surface area (Å²) in [6.45, 7) is 6.38. The van der Waals surface area contributed by atoms with Gasteiger partial charge in [-0.25, -0.2) is 0 Å². The van der Waals surface area contributed by atoms with E-state index in [4.69, 9.17) is 18.9 Å². The third-order valence-corrected chi connectivity index (χ3v) is 6.67. The van der Waals surface area contributed by atoms with Crippen LogP contribution in [0.1, 0.15) is 41.6 Å². The number of hydrogen-bond donors (Lipinski definition) is 1. The monoisotopic (exact) mass is 531 g/mol. The van der Waals surface area contributed by atoms with Gasteiger partial charge in [-0.15, -0.1) is 0 Å². The SMILES string of the molecule is CCCOc1ccc(/C(O)=C2\C(=O)C(=O)N(c3ccc(C)cc3)C2c2cc(OC)c(OC)c(OC)c2)cc1C. The van der Waals surface area contributed by atoms with Crippen molar-refractivity contribution in [3.63, 3.8) is 0 Å². The van der Waals surface area contributed by atoms with Crippen LogP contribution in [-0.4, -0.2) is 44.7 Å². The van der Waals surface area contributed by atoms with Crippen LogP contribution in [0.2, 0.25) is 0 Å². The predicted octanol–water partition coefficient (Wildman–Crippen LogP) is 5.74. The van der Waals surface area contributed by atoms with E-state index in [0.29, 0.717) is 46.4 Å². The van der Waals surface area contributed by atoms with Gasteiger partial charge in [-0.2, -0.15) is 0 Å².